The van der Waals surface area contributed by atoms with E-state index in [9.17, 15) is 0 Å². The summed E-state index contributed by atoms with van der Waals surface area (Å²) >= 11 is 0. The Morgan fingerprint density at radius 1 is 1.33 bits per heavy atom. The summed E-state index contributed by atoms with van der Waals surface area (Å²) in [6, 6.07) is 6.48. The van der Waals surface area contributed by atoms with Crippen LogP contribution in [0, 0.1) is 0 Å². The first kappa shape index (κ1) is 9.26. The van der Waals surface area contributed by atoms with Gasteiger partial charge in [0.1, 0.15) is 11.6 Å². The summed E-state index contributed by atoms with van der Waals surface area (Å²) in [7, 11) is 0. The van der Waals surface area contributed by atoms with Crippen LogP contribution in [0.15, 0.2) is 41.7 Å². The van der Waals surface area contributed by atoms with Gasteiger partial charge in [0.05, 0.1) is 17.4 Å². The van der Waals surface area contributed by atoms with Gasteiger partial charge in [-0.3, -0.25) is 5.10 Å². The van der Waals surface area contributed by atoms with Crippen LogP contribution in [0.25, 0.3) is 0 Å². The molecular formula is C10H10N4O. The predicted octanol–water partition coefficient (Wildman–Crippen LogP) is 1.15. The number of aromatic hydroxyl groups is 1. The number of hydrogen-bond acceptors (Lipinski definition) is 3. The molecule has 4 N–H and O–H groups in total. The average molecular weight is 202 g/mol. The van der Waals surface area contributed by atoms with Gasteiger partial charge in [0.15, 0.2) is 0 Å². The number of nitrogens with one attached hydrogen (secondary N) is 1. The van der Waals surface area contributed by atoms with Gasteiger partial charge in [-0.1, -0.05) is 0 Å². The fourth-order valence-corrected chi connectivity index (χ4v) is 1.12. The second kappa shape index (κ2) is 3.83. The number of hydrogen-bond donors (Lipinski definition) is 3. The molecule has 0 saturated carbocycles. The molecule has 76 valence electrons. The molecule has 0 bridgehead atoms. The van der Waals surface area contributed by atoms with Gasteiger partial charge in [-0.25, -0.2) is 4.99 Å². The molecule has 0 aliphatic heterocycles. The van der Waals surface area contributed by atoms with Crippen molar-refractivity contribution in [3.05, 3.63) is 42.2 Å². The highest BCUT2D eigenvalue weighted by Crippen LogP contribution is 2.16. The molecule has 1 heterocycles. The number of amidine groups is 1. The van der Waals surface area contributed by atoms with Crippen LogP contribution in [0.2, 0.25) is 0 Å². The van der Waals surface area contributed by atoms with Crippen LogP contribution in [0.4, 0.5) is 5.69 Å². The molecule has 0 fully saturated rings. The second-order valence-electron chi connectivity index (χ2n) is 3.00. The Morgan fingerprint density at radius 2 is 2.07 bits per heavy atom. The van der Waals surface area contributed by atoms with Crippen molar-refractivity contribution in [2.24, 2.45) is 10.7 Å². The van der Waals surface area contributed by atoms with Crippen molar-refractivity contribution in [1.82, 2.24) is 10.2 Å². The number of nitrogens with two attached hydrogens (primary N) is 1. The Kier molecular flexibility index (Phi) is 2.37. The highest BCUT2D eigenvalue weighted by molar-refractivity contribution is 5.98. The van der Waals surface area contributed by atoms with Crippen molar-refractivity contribution >= 4 is 11.5 Å². The van der Waals surface area contributed by atoms with E-state index in [1.54, 1.807) is 36.7 Å². The van der Waals surface area contributed by atoms with Crippen LogP contribution in [0.3, 0.4) is 0 Å². The molecule has 0 aliphatic carbocycles. The SMILES string of the molecule is NC(=Nc1ccc(O)cc1)c1cn[nH]c1. The van der Waals surface area contributed by atoms with E-state index < -0.39 is 0 Å². The first-order chi connectivity index (χ1) is 7.25. The van der Waals surface area contributed by atoms with Crippen LogP contribution < -0.4 is 5.73 Å². The quantitative estimate of drug-likeness (QED) is 0.504. The molecule has 2 aromatic rings. The Bertz CT molecular complexity index is 459. The summed E-state index contributed by atoms with van der Waals surface area (Å²) in [5, 5.41) is 15.5. The Hall–Kier alpha value is -2.30. The average Bonchev–Trinajstić information content (AvgIpc) is 2.74. The number of rotatable bonds is 2. The molecule has 1 aromatic carbocycles. The molecule has 5 heteroatoms. The van der Waals surface area contributed by atoms with Crippen molar-refractivity contribution in [2.75, 3.05) is 0 Å². The third kappa shape index (κ3) is 2.14. The zero-order valence-electron chi connectivity index (χ0n) is 7.88. The maximum atomic E-state index is 9.08. The summed E-state index contributed by atoms with van der Waals surface area (Å²) < 4.78 is 0. The molecule has 0 atom stereocenters. The van der Waals surface area contributed by atoms with Crippen LogP contribution in [-0.4, -0.2) is 21.1 Å². The molecule has 0 spiro atoms. The van der Waals surface area contributed by atoms with Crippen molar-refractivity contribution in [1.29, 1.82) is 0 Å². The fourth-order valence-electron chi connectivity index (χ4n) is 1.12. The number of H-pyrrole nitrogens is 1. The zero-order chi connectivity index (χ0) is 10.7. The standard InChI is InChI=1S/C10H10N4O/c11-10(7-5-12-13-6-7)14-8-1-3-9(15)4-2-8/h1-6,15H,(H2,11,14)(H,12,13). The van der Waals surface area contributed by atoms with Crippen molar-refractivity contribution < 1.29 is 5.11 Å². The summed E-state index contributed by atoms with van der Waals surface area (Å²) in [5.41, 5.74) is 7.16. The number of phenols is 1. The van der Waals surface area contributed by atoms with Crippen LogP contribution in [0.5, 0.6) is 5.75 Å². The Balaban J connectivity index is 2.27. The number of aromatic amines is 1. The van der Waals surface area contributed by atoms with Crippen molar-refractivity contribution in [2.45, 2.75) is 0 Å². The second-order valence-corrected chi connectivity index (χ2v) is 3.00. The van der Waals surface area contributed by atoms with Gasteiger partial charge in [-0.2, -0.15) is 5.10 Å². The molecule has 15 heavy (non-hydrogen) atoms. The smallest absolute Gasteiger partial charge is 0.134 e. The van der Waals surface area contributed by atoms with Crippen molar-refractivity contribution in [3.63, 3.8) is 0 Å². The molecule has 0 saturated heterocycles. The van der Waals surface area contributed by atoms with E-state index in [-0.39, 0.29) is 5.75 Å². The minimum atomic E-state index is 0.204. The molecule has 2 rings (SSSR count). The summed E-state index contributed by atoms with van der Waals surface area (Å²) in [6.07, 6.45) is 3.26. The van der Waals surface area contributed by atoms with E-state index in [1.807, 2.05) is 0 Å². The molecular weight excluding hydrogens is 192 g/mol. The maximum Gasteiger partial charge on any atom is 0.134 e. The lowest BCUT2D eigenvalue weighted by Crippen LogP contribution is -2.11. The number of aliphatic imine (C=N–C) groups is 1. The highest BCUT2D eigenvalue weighted by Gasteiger charge is 1.99. The number of phenolic OH excluding ortho intramolecular Hbond substituents is 1. The third-order valence-electron chi connectivity index (χ3n) is 1.89. The summed E-state index contributed by atoms with van der Waals surface area (Å²) in [4.78, 5) is 4.17. The van der Waals surface area contributed by atoms with E-state index in [4.69, 9.17) is 10.8 Å². The molecule has 0 unspecified atom stereocenters. The van der Waals surface area contributed by atoms with Crippen molar-refractivity contribution in [3.8, 4) is 5.75 Å². The molecule has 1 aromatic heterocycles. The van der Waals surface area contributed by atoms with E-state index in [1.165, 1.54) is 0 Å². The minimum Gasteiger partial charge on any atom is -0.508 e. The lowest BCUT2D eigenvalue weighted by Gasteiger charge is -1.97. The molecule has 5 nitrogen and oxygen atoms in total. The zero-order valence-corrected chi connectivity index (χ0v) is 7.88. The number of aromatic nitrogens is 2. The third-order valence-corrected chi connectivity index (χ3v) is 1.89. The fraction of sp³-hybridized carbons (Fsp3) is 0. The Labute approximate surface area is 86.3 Å². The van der Waals surface area contributed by atoms with Gasteiger partial charge in [0.25, 0.3) is 0 Å². The topological polar surface area (TPSA) is 87.3 Å². The van der Waals surface area contributed by atoms with Gasteiger partial charge in [0.2, 0.25) is 0 Å². The van der Waals surface area contributed by atoms with Gasteiger partial charge in [0, 0.05) is 6.20 Å². The number of benzene rings is 1. The van der Waals surface area contributed by atoms with Gasteiger partial charge in [-0.05, 0) is 24.3 Å². The predicted molar refractivity (Wildman–Crippen MR) is 57.1 cm³/mol. The van der Waals surface area contributed by atoms with E-state index >= 15 is 0 Å². The monoisotopic (exact) mass is 202 g/mol. The minimum absolute atomic E-state index is 0.204. The van der Waals surface area contributed by atoms with E-state index in [2.05, 4.69) is 15.2 Å². The molecule has 0 aliphatic rings. The first-order valence-electron chi connectivity index (χ1n) is 4.38. The van der Waals surface area contributed by atoms with E-state index in [0.29, 0.717) is 11.5 Å². The van der Waals surface area contributed by atoms with Gasteiger partial charge < -0.3 is 10.8 Å². The van der Waals surface area contributed by atoms with Crippen LogP contribution in [0.1, 0.15) is 5.56 Å². The van der Waals surface area contributed by atoms with Gasteiger partial charge >= 0.3 is 0 Å². The lowest BCUT2D eigenvalue weighted by atomic mass is 10.3. The van der Waals surface area contributed by atoms with E-state index in [0.717, 1.165) is 5.56 Å². The molecule has 0 amide bonds. The lowest BCUT2D eigenvalue weighted by molar-refractivity contribution is 0.475. The summed E-state index contributed by atoms with van der Waals surface area (Å²) in [6.45, 7) is 0. The first-order valence-corrected chi connectivity index (χ1v) is 4.38. The van der Waals surface area contributed by atoms with Crippen LogP contribution >= 0.6 is 0 Å². The van der Waals surface area contributed by atoms with Crippen LogP contribution in [-0.2, 0) is 0 Å². The number of nitrogens with zero attached hydrogens (tertiary/aromatic N) is 2. The largest absolute Gasteiger partial charge is 0.508 e. The highest BCUT2D eigenvalue weighted by atomic mass is 16.3. The normalized spacial score (nSPS) is 11.6. The Morgan fingerprint density at radius 3 is 2.67 bits per heavy atom. The molecule has 0 radical (unpaired) electrons. The van der Waals surface area contributed by atoms with Gasteiger partial charge in [-0.15, -0.1) is 0 Å². The summed E-state index contributed by atoms with van der Waals surface area (Å²) in [5.74, 6) is 0.588. The maximum absolute atomic E-state index is 9.08.